The SMILES string of the molecule is CCCC(I)C(=N)OCC(=O)NC(C)(CC)C1CCCCC1. The van der Waals surface area contributed by atoms with Crippen LogP contribution in [0.3, 0.4) is 0 Å². The van der Waals surface area contributed by atoms with Crippen LogP contribution < -0.4 is 5.32 Å². The quantitative estimate of drug-likeness (QED) is 0.263. The first-order valence-corrected chi connectivity index (χ1v) is 9.83. The van der Waals surface area contributed by atoms with Crippen molar-refractivity contribution in [3.63, 3.8) is 0 Å². The highest BCUT2D eigenvalue weighted by atomic mass is 127. The minimum atomic E-state index is -0.143. The fourth-order valence-corrected chi connectivity index (χ4v) is 3.99. The highest BCUT2D eigenvalue weighted by Gasteiger charge is 2.34. The predicted molar refractivity (Wildman–Crippen MR) is 99.8 cm³/mol. The van der Waals surface area contributed by atoms with Crippen LogP contribution in [0.25, 0.3) is 0 Å². The zero-order chi connectivity index (χ0) is 16.6. The lowest BCUT2D eigenvalue weighted by Crippen LogP contribution is -2.52. The molecule has 0 heterocycles. The maximum absolute atomic E-state index is 12.2. The molecule has 0 aromatic heterocycles. The second kappa shape index (κ2) is 9.73. The van der Waals surface area contributed by atoms with Gasteiger partial charge in [0.15, 0.2) is 12.5 Å². The minimum Gasteiger partial charge on any atom is -0.470 e. The Hall–Kier alpha value is -0.330. The third-order valence-electron chi connectivity index (χ3n) is 4.85. The fourth-order valence-electron chi connectivity index (χ4n) is 3.19. The van der Waals surface area contributed by atoms with Gasteiger partial charge in [-0.1, -0.05) is 62.1 Å². The average Bonchev–Trinajstić information content (AvgIpc) is 2.53. The molecule has 0 radical (unpaired) electrons. The number of hydrogen-bond donors (Lipinski definition) is 2. The number of nitrogens with one attached hydrogen (secondary N) is 2. The molecule has 0 aliphatic heterocycles. The molecule has 0 spiro atoms. The molecule has 1 rings (SSSR count). The molecule has 1 aliphatic rings. The minimum absolute atomic E-state index is 0.0373. The van der Waals surface area contributed by atoms with Gasteiger partial charge in [0.1, 0.15) is 0 Å². The number of ether oxygens (including phenoxy) is 1. The van der Waals surface area contributed by atoms with Gasteiger partial charge in [-0.05, 0) is 38.5 Å². The number of rotatable bonds is 8. The number of carbonyl (C=O) groups excluding carboxylic acids is 1. The summed E-state index contributed by atoms with van der Waals surface area (Å²) in [6.07, 6.45) is 9.12. The number of amides is 1. The normalized spacial score (nSPS) is 20.0. The van der Waals surface area contributed by atoms with E-state index in [2.05, 4.69) is 48.7 Å². The molecule has 2 unspecified atom stereocenters. The van der Waals surface area contributed by atoms with Crippen LogP contribution >= 0.6 is 22.6 Å². The number of alkyl halides is 1. The first-order valence-electron chi connectivity index (χ1n) is 8.59. The zero-order valence-electron chi connectivity index (χ0n) is 14.2. The van der Waals surface area contributed by atoms with Crippen molar-refractivity contribution in [2.75, 3.05) is 6.61 Å². The van der Waals surface area contributed by atoms with Crippen molar-refractivity contribution in [3.8, 4) is 0 Å². The molecule has 4 nitrogen and oxygen atoms in total. The van der Waals surface area contributed by atoms with Gasteiger partial charge in [-0.25, -0.2) is 0 Å². The second-order valence-corrected chi connectivity index (χ2v) is 8.07. The van der Waals surface area contributed by atoms with Gasteiger partial charge in [-0.2, -0.15) is 0 Å². The average molecular weight is 422 g/mol. The first kappa shape index (κ1) is 19.7. The molecule has 1 fully saturated rings. The van der Waals surface area contributed by atoms with E-state index < -0.39 is 0 Å². The van der Waals surface area contributed by atoms with E-state index in [1.165, 1.54) is 32.1 Å². The Morgan fingerprint density at radius 2 is 2.00 bits per heavy atom. The lowest BCUT2D eigenvalue weighted by molar-refractivity contribution is -0.126. The summed E-state index contributed by atoms with van der Waals surface area (Å²) in [7, 11) is 0. The van der Waals surface area contributed by atoms with Gasteiger partial charge in [-0.15, -0.1) is 0 Å². The van der Waals surface area contributed by atoms with Crippen molar-refractivity contribution in [2.45, 2.75) is 81.6 Å². The Balaban J connectivity index is 2.45. The summed E-state index contributed by atoms with van der Waals surface area (Å²) in [5.41, 5.74) is -0.143. The van der Waals surface area contributed by atoms with E-state index in [1.54, 1.807) is 0 Å². The van der Waals surface area contributed by atoms with Gasteiger partial charge < -0.3 is 10.1 Å². The Morgan fingerprint density at radius 3 is 2.55 bits per heavy atom. The Morgan fingerprint density at radius 1 is 1.36 bits per heavy atom. The Labute approximate surface area is 148 Å². The molecule has 0 bridgehead atoms. The molecular weight excluding hydrogens is 391 g/mol. The van der Waals surface area contributed by atoms with E-state index in [9.17, 15) is 4.79 Å². The molecule has 2 N–H and O–H groups in total. The standard InChI is InChI=1S/C17H31IN2O2/c1-4-9-14(18)16(19)22-12-15(21)20-17(3,5-2)13-10-7-6-8-11-13/h13-14,19H,4-12H2,1-3H3,(H,20,21). The van der Waals surface area contributed by atoms with Gasteiger partial charge in [-0.3, -0.25) is 10.2 Å². The van der Waals surface area contributed by atoms with Crippen LogP contribution in [0, 0.1) is 11.3 Å². The summed E-state index contributed by atoms with van der Waals surface area (Å²) in [6, 6.07) is 0. The largest absolute Gasteiger partial charge is 0.470 e. The summed E-state index contributed by atoms with van der Waals surface area (Å²) in [5.74, 6) is 0.681. The lowest BCUT2D eigenvalue weighted by atomic mass is 9.74. The van der Waals surface area contributed by atoms with E-state index in [-0.39, 0.29) is 27.9 Å². The zero-order valence-corrected chi connectivity index (χ0v) is 16.4. The first-order chi connectivity index (χ1) is 10.4. The highest BCUT2D eigenvalue weighted by Crippen LogP contribution is 2.34. The third kappa shape index (κ3) is 6.05. The van der Waals surface area contributed by atoms with Crippen LogP contribution in [0.2, 0.25) is 0 Å². The van der Waals surface area contributed by atoms with Crippen molar-refractivity contribution in [1.82, 2.24) is 5.32 Å². The molecule has 2 atom stereocenters. The van der Waals surface area contributed by atoms with Crippen LogP contribution in [-0.4, -0.2) is 27.9 Å². The number of hydrogen-bond acceptors (Lipinski definition) is 3. The van der Waals surface area contributed by atoms with Crippen molar-refractivity contribution in [1.29, 1.82) is 5.41 Å². The molecule has 1 saturated carbocycles. The van der Waals surface area contributed by atoms with Crippen molar-refractivity contribution >= 4 is 34.4 Å². The van der Waals surface area contributed by atoms with Gasteiger partial charge in [0.2, 0.25) is 0 Å². The number of carbonyl (C=O) groups is 1. The summed E-state index contributed by atoms with van der Waals surface area (Å²) < 4.78 is 5.42. The maximum atomic E-state index is 12.2. The van der Waals surface area contributed by atoms with Crippen LogP contribution in [0.4, 0.5) is 0 Å². The molecule has 0 aromatic carbocycles. The molecular formula is C17H31IN2O2. The molecule has 22 heavy (non-hydrogen) atoms. The van der Waals surface area contributed by atoms with Crippen molar-refractivity contribution < 1.29 is 9.53 Å². The molecule has 128 valence electrons. The summed E-state index contributed by atoms with van der Waals surface area (Å²) in [5, 5.41) is 11.0. The van der Waals surface area contributed by atoms with Crippen LogP contribution in [0.15, 0.2) is 0 Å². The smallest absolute Gasteiger partial charge is 0.258 e. The molecule has 0 saturated heterocycles. The van der Waals surface area contributed by atoms with E-state index in [0.29, 0.717) is 5.92 Å². The van der Waals surface area contributed by atoms with Gasteiger partial charge in [0, 0.05) is 5.54 Å². The van der Waals surface area contributed by atoms with E-state index >= 15 is 0 Å². The third-order valence-corrected chi connectivity index (χ3v) is 6.04. The maximum Gasteiger partial charge on any atom is 0.258 e. The molecule has 5 heteroatoms. The van der Waals surface area contributed by atoms with E-state index in [4.69, 9.17) is 10.1 Å². The second-order valence-electron chi connectivity index (χ2n) is 6.56. The molecule has 0 aromatic rings. The van der Waals surface area contributed by atoms with Gasteiger partial charge in [0.25, 0.3) is 5.91 Å². The summed E-state index contributed by atoms with van der Waals surface area (Å²) in [6.45, 7) is 6.34. The topological polar surface area (TPSA) is 62.2 Å². The molecule has 1 amide bonds. The van der Waals surface area contributed by atoms with E-state index in [1.807, 2.05) is 0 Å². The van der Waals surface area contributed by atoms with Gasteiger partial charge >= 0.3 is 0 Å². The van der Waals surface area contributed by atoms with Gasteiger partial charge in [0.05, 0.1) is 3.92 Å². The van der Waals surface area contributed by atoms with Crippen molar-refractivity contribution in [3.05, 3.63) is 0 Å². The predicted octanol–water partition coefficient (Wildman–Crippen LogP) is 4.45. The molecule has 1 aliphatic carbocycles. The summed E-state index contributed by atoms with van der Waals surface area (Å²) in [4.78, 5) is 12.2. The van der Waals surface area contributed by atoms with Crippen LogP contribution in [0.5, 0.6) is 0 Å². The number of halogens is 1. The van der Waals surface area contributed by atoms with Crippen LogP contribution in [0.1, 0.15) is 72.1 Å². The van der Waals surface area contributed by atoms with Crippen LogP contribution in [-0.2, 0) is 9.53 Å². The fraction of sp³-hybridized carbons (Fsp3) is 0.882. The lowest BCUT2D eigenvalue weighted by Gasteiger charge is -2.40. The highest BCUT2D eigenvalue weighted by molar-refractivity contribution is 14.1. The van der Waals surface area contributed by atoms with E-state index in [0.717, 1.165) is 19.3 Å². The Bertz CT molecular complexity index is 370. The summed E-state index contributed by atoms with van der Waals surface area (Å²) >= 11 is 2.20. The monoisotopic (exact) mass is 422 g/mol. The Kier molecular flexibility index (Phi) is 8.72. The van der Waals surface area contributed by atoms with Crippen molar-refractivity contribution in [2.24, 2.45) is 5.92 Å².